The number of hydrogen-bond donors (Lipinski definition) is 2. The Balaban J connectivity index is 1.92. The van der Waals surface area contributed by atoms with Gasteiger partial charge in [0.15, 0.2) is 6.61 Å². The third-order valence-corrected chi connectivity index (χ3v) is 5.32. The van der Waals surface area contributed by atoms with Crippen molar-refractivity contribution in [1.29, 1.82) is 0 Å². The van der Waals surface area contributed by atoms with Gasteiger partial charge in [-0.1, -0.05) is 30.3 Å². The molecule has 0 fully saturated rings. The molecule has 2 aromatic carbocycles. The molecule has 8 heteroatoms. The second-order valence-corrected chi connectivity index (χ2v) is 7.57. The molecule has 1 amide bonds. The Hall–Kier alpha value is -2.42. The van der Waals surface area contributed by atoms with E-state index in [1.165, 1.54) is 24.3 Å². The SMILES string of the molecule is COCCNC(=O)COc1ccc(S(=O)(=O)N[C@@H](C)c2ccccc2)cc1. The van der Waals surface area contributed by atoms with Crippen molar-refractivity contribution in [2.45, 2.75) is 17.9 Å². The van der Waals surface area contributed by atoms with E-state index in [9.17, 15) is 13.2 Å². The standard InChI is InChI=1S/C19H24N2O5S/c1-15(16-6-4-3-5-7-16)21-27(23,24)18-10-8-17(9-11-18)26-14-19(22)20-12-13-25-2/h3-11,15,21H,12-14H2,1-2H3,(H,20,22)/t15-/m0/s1. The van der Waals surface area contributed by atoms with Crippen molar-refractivity contribution in [1.82, 2.24) is 10.0 Å². The molecule has 2 aromatic rings. The molecule has 0 aliphatic heterocycles. The van der Waals surface area contributed by atoms with Gasteiger partial charge in [-0.15, -0.1) is 0 Å². The molecular weight excluding hydrogens is 368 g/mol. The van der Waals surface area contributed by atoms with Gasteiger partial charge in [0.2, 0.25) is 10.0 Å². The number of methoxy groups -OCH3 is 1. The molecule has 2 N–H and O–H groups in total. The van der Waals surface area contributed by atoms with Crippen molar-refractivity contribution >= 4 is 15.9 Å². The molecule has 146 valence electrons. The molecule has 0 saturated heterocycles. The van der Waals surface area contributed by atoms with Gasteiger partial charge >= 0.3 is 0 Å². The van der Waals surface area contributed by atoms with Crippen LogP contribution < -0.4 is 14.8 Å². The molecule has 0 unspecified atom stereocenters. The summed E-state index contributed by atoms with van der Waals surface area (Å²) in [6.45, 7) is 2.46. The van der Waals surface area contributed by atoms with E-state index < -0.39 is 10.0 Å². The van der Waals surface area contributed by atoms with Crippen molar-refractivity contribution in [3.8, 4) is 5.75 Å². The maximum absolute atomic E-state index is 12.5. The lowest BCUT2D eigenvalue weighted by atomic mass is 10.1. The third kappa shape index (κ3) is 6.67. The third-order valence-electron chi connectivity index (χ3n) is 3.76. The first-order valence-electron chi connectivity index (χ1n) is 8.48. The number of amides is 1. The molecule has 1 atom stereocenters. The molecule has 0 aromatic heterocycles. The summed E-state index contributed by atoms with van der Waals surface area (Å²) in [4.78, 5) is 11.7. The lowest BCUT2D eigenvalue weighted by Crippen LogP contribution is -2.31. The highest BCUT2D eigenvalue weighted by Gasteiger charge is 2.18. The highest BCUT2D eigenvalue weighted by Crippen LogP contribution is 2.19. The van der Waals surface area contributed by atoms with Gasteiger partial charge in [-0.05, 0) is 36.8 Å². The van der Waals surface area contributed by atoms with Gasteiger partial charge in [-0.2, -0.15) is 0 Å². The van der Waals surface area contributed by atoms with Crippen LogP contribution in [-0.2, 0) is 19.6 Å². The Morgan fingerprint density at radius 2 is 1.74 bits per heavy atom. The normalized spacial score (nSPS) is 12.4. The number of carbonyl (C=O) groups is 1. The Morgan fingerprint density at radius 3 is 2.37 bits per heavy atom. The molecule has 0 radical (unpaired) electrons. The number of rotatable bonds is 10. The van der Waals surface area contributed by atoms with Gasteiger partial charge in [0.05, 0.1) is 11.5 Å². The fourth-order valence-corrected chi connectivity index (χ4v) is 3.55. The Morgan fingerprint density at radius 1 is 1.07 bits per heavy atom. The fourth-order valence-electron chi connectivity index (χ4n) is 2.32. The Bertz CT molecular complexity index is 823. The first kappa shape index (κ1) is 20.9. The van der Waals surface area contributed by atoms with Crippen LogP contribution in [0.2, 0.25) is 0 Å². The minimum absolute atomic E-state index is 0.127. The smallest absolute Gasteiger partial charge is 0.258 e. The van der Waals surface area contributed by atoms with E-state index in [2.05, 4.69) is 10.0 Å². The second-order valence-electron chi connectivity index (χ2n) is 5.86. The van der Waals surface area contributed by atoms with Crippen molar-refractivity contribution in [2.75, 3.05) is 26.9 Å². The van der Waals surface area contributed by atoms with Gasteiger partial charge in [-0.25, -0.2) is 13.1 Å². The lowest BCUT2D eigenvalue weighted by molar-refractivity contribution is -0.123. The first-order valence-corrected chi connectivity index (χ1v) is 9.96. The van der Waals surface area contributed by atoms with E-state index in [-0.39, 0.29) is 23.5 Å². The summed E-state index contributed by atoms with van der Waals surface area (Å²) >= 11 is 0. The molecule has 0 bridgehead atoms. The first-order chi connectivity index (χ1) is 12.9. The van der Waals surface area contributed by atoms with Crippen LogP contribution >= 0.6 is 0 Å². The number of ether oxygens (including phenoxy) is 2. The van der Waals surface area contributed by atoms with Crippen LogP contribution in [0.25, 0.3) is 0 Å². The van der Waals surface area contributed by atoms with Gasteiger partial charge in [-0.3, -0.25) is 4.79 Å². The predicted octanol–water partition coefficient (Wildman–Crippen LogP) is 1.87. The number of benzene rings is 2. The molecule has 2 rings (SSSR count). The minimum Gasteiger partial charge on any atom is -0.484 e. The molecule has 7 nitrogen and oxygen atoms in total. The maximum Gasteiger partial charge on any atom is 0.258 e. The van der Waals surface area contributed by atoms with Gasteiger partial charge in [0.25, 0.3) is 5.91 Å². The quantitative estimate of drug-likeness (QED) is 0.602. The molecule has 0 spiro atoms. The van der Waals surface area contributed by atoms with Crippen LogP contribution in [-0.4, -0.2) is 41.2 Å². The maximum atomic E-state index is 12.5. The van der Waals surface area contributed by atoms with Crippen LogP contribution in [0.4, 0.5) is 0 Å². The van der Waals surface area contributed by atoms with E-state index in [0.29, 0.717) is 18.9 Å². The van der Waals surface area contributed by atoms with Crippen molar-refractivity contribution < 1.29 is 22.7 Å². The summed E-state index contributed by atoms with van der Waals surface area (Å²) in [7, 11) is -2.12. The van der Waals surface area contributed by atoms with E-state index in [0.717, 1.165) is 5.56 Å². The summed E-state index contributed by atoms with van der Waals surface area (Å²) in [6, 6.07) is 14.9. The van der Waals surface area contributed by atoms with E-state index >= 15 is 0 Å². The number of carbonyl (C=O) groups excluding carboxylic acids is 1. The zero-order valence-corrected chi connectivity index (χ0v) is 16.2. The summed E-state index contributed by atoms with van der Waals surface area (Å²) in [5.74, 6) is 0.133. The van der Waals surface area contributed by atoms with Crippen molar-refractivity contribution in [3.05, 3.63) is 60.2 Å². The largest absolute Gasteiger partial charge is 0.484 e. The Kier molecular flexibility index (Phi) is 7.78. The molecule has 0 aliphatic carbocycles. The zero-order chi connectivity index (χ0) is 19.7. The lowest BCUT2D eigenvalue weighted by Gasteiger charge is -2.15. The van der Waals surface area contributed by atoms with Crippen molar-refractivity contribution in [2.24, 2.45) is 0 Å². The zero-order valence-electron chi connectivity index (χ0n) is 15.3. The highest BCUT2D eigenvalue weighted by atomic mass is 32.2. The Labute approximate surface area is 159 Å². The fraction of sp³-hybridized carbons (Fsp3) is 0.316. The average molecular weight is 392 g/mol. The molecular formula is C19H24N2O5S. The molecule has 27 heavy (non-hydrogen) atoms. The monoisotopic (exact) mass is 392 g/mol. The predicted molar refractivity (Wildman–Crippen MR) is 102 cm³/mol. The summed E-state index contributed by atoms with van der Waals surface area (Å²) in [5.41, 5.74) is 0.875. The van der Waals surface area contributed by atoms with Gasteiger partial charge < -0.3 is 14.8 Å². The number of hydrogen-bond acceptors (Lipinski definition) is 5. The van der Waals surface area contributed by atoms with Crippen LogP contribution in [0.3, 0.4) is 0 Å². The topological polar surface area (TPSA) is 93.7 Å². The molecule has 0 saturated carbocycles. The van der Waals surface area contributed by atoms with Crippen LogP contribution in [0.1, 0.15) is 18.5 Å². The van der Waals surface area contributed by atoms with Crippen LogP contribution in [0, 0.1) is 0 Å². The van der Waals surface area contributed by atoms with Crippen molar-refractivity contribution in [3.63, 3.8) is 0 Å². The second kappa shape index (κ2) is 10.1. The molecule has 0 heterocycles. The number of sulfonamides is 1. The molecule has 0 aliphatic rings. The highest BCUT2D eigenvalue weighted by molar-refractivity contribution is 7.89. The minimum atomic E-state index is -3.67. The van der Waals surface area contributed by atoms with Gasteiger partial charge in [0.1, 0.15) is 5.75 Å². The number of nitrogens with one attached hydrogen (secondary N) is 2. The van der Waals surface area contributed by atoms with E-state index in [1.54, 1.807) is 14.0 Å². The van der Waals surface area contributed by atoms with Gasteiger partial charge in [0, 0.05) is 19.7 Å². The van der Waals surface area contributed by atoms with E-state index in [4.69, 9.17) is 9.47 Å². The average Bonchev–Trinajstić information content (AvgIpc) is 2.67. The summed E-state index contributed by atoms with van der Waals surface area (Å²) in [5, 5.41) is 2.63. The van der Waals surface area contributed by atoms with Crippen LogP contribution in [0.5, 0.6) is 5.75 Å². The summed E-state index contributed by atoms with van der Waals surface area (Å²) < 4.78 is 37.9. The van der Waals surface area contributed by atoms with Crippen LogP contribution in [0.15, 0.2) is 59.5 Å². The summed E-state index contributed by atoms with van der Waals surface area (Å²) in [6.07, 6.45) is 0. The van der Waals surface area contributed by atoms with E-state index in [1.807, 2.05) is 30.3 Å².